The maximum atomic E-state index is 14.6. The zero-order valence-corrected chi connectivity index (χ0v) is 18.0. The van der Waals surface area contributed by atoms with Crippen LogP contribution in [0.25, 0.3) is 10.4 Å². The summed E-state index contributed by atoms with van der Waals surface area (Å²) in [6.07, 6.45) is -0.709. The fraction of sp³-hybridized carbons (Fsp3) is 0.333. The molecule has 1 fully saturated rings. The minimum atomic E-state index is -1.93. The quantitative estimate of drug-likeness (QED) is 0.562. The Bertz CT molecular complexity index is 1160. The fourth-order valence-electron chi connectivity index (χ4n) is 3.54. The topological polar surface area (TPSA) is 81.1 Å². The molecule has 1 aromatic carbocycles. The SMILES string of the molecule is NCC(Cn1ncn(Cc2sc(-c3ccc(N4CCNCC4)cc3)cc2F)c1=O)=C(F)F. The van der Waals surface area contributed by atoms with Crippen molar-refractivity contribution in [3.8, 4) is 10.4 Å². The van der Waals surface area contributed by atoms with E-state index in [1.165, 1.54) is 28.3 Å². The lowest BCUT2D eigenvalue weighted by molar-refractivity contribution is 0.400. The molecular formula is C21H23F3N6OS. The molecule has 2 aromatic heterocycles. The smallest absolute Gasteiger partial charge is 0.346 e. The van der Waals surface area contributed by atoms with Crippen LogP contribution in [0.2, 0.25) is 0 Å². The van der Waals surface area contributed by atoms with E-state index < -0.39 is 24.1 Å². The number of piperazine rings is 1. The number of benzene rings is 1. The number of nitrogens with zero attached hydrogens (tertiary/aromatic N) is 4. The number of nitrogens with two attached hydrogens (primary N) is 1. The predicted molar refractivity (Wildman–Crippen MR) is 119 cm³/mol. The zero-order valence-electron chi connectivity index (χ0n) is 17.2. The number of nitrogens with one attached hydrogen (secondary N) is 1. The normalized spacial score (nSPS) is 14.1. The van der Waals surface area contributed by atoms with Crippen LogP contribution in [0.5, 0.6) is 0 Å². The van der Waals surface area contributed by atoms with Crippen molar-refractivity contribution >= 4 is 17.0 Å². The second kappa shape index (κ2) is 9.72. The molecule has 11 heteroatoms. The first-order chi connectivity index (χ1) is 15.5. The van der Waals surface area contributed by atoms with Gasteiger partial charge in [-0.3, -0.25) is 4.57 Å². The van der Waals surface area contributed by atoms with Crippen molar-refractivity contribution in [2.24, 2.45) is 5.73 Å². The average molecular weight is 465 g/mol. The largest absolute Gasteiger partial charge is 0.369 e. The van der Waals surface area contributed by atoms with Crippen LogP contribution >= 0.6 is 11.3 Å². The zero-order chi connectivity index (χ0) is 22.7. The minimum Gasteiger partial charge on any atom is -0.369 e. The summed E-state index contributed by atoms with van der Waals surface area (Å²) >= 11 is 1.25. The van der Waals surface area contributed by atoms with Crippen molar-refractivity contribution in [3.05, 3.63) is 69.5 Å². The van der Waals surface area contributed by atoms with Crippen LogP contribution in [0.3, 0.4) is 0 Å². The first kappa shape index (κ1) is 22.3. The van der Waals surface area contributed by atoms with Crippen molar-refractivity contribution < 1.29 is 13.2 Å². The molecule has 0 unspecified atom stereocenters. The van der Waals surface area contributed by atoms with Gasteiger partial charge in [-0.15, -0.1) is 11.3 Å². The van der Waals surface area contributed by atoms with Crippen LogP contribution in [0.4, 0.5) is 18.9 Å². The van der Waals surface area contributed by atoms with Gasteiger partial charge in [0, 0.05) is 48.9 Å². The molecule has 3 N–H and O–H groups in total. The van der Waals surface area contributed by atoms with Crippen molar-refractivity contribution in [1.29, 1.82) is 0 Å². The number of halogens is 3. The molecule has 32 heavy (non-hydrogen) atoms. The van der Waals surface area contributed by atoms with Gasteiger partial charge in [-0.1, -0.05) is 12.1 Å². The standard InChI is InChI=1S/C21H23F3N6OS/c22-17-9-18(14-1-3-16(4-2-14)28-7-5-26-6-8-28)32-19(17)12-29-13-27-30(21(29)31)11-15(10-25)20(23)24/h1-4,9,13,26H,5-8,10-12,25H2. The van der Waals surface area contributed by atoms with Gasteiger partial charge < -0.3 is 16.0 Å². The molecule has 0 amide bonds. The molecule has 0 spiro atoms. The van der Waals surface area contributed by atoms with E-state index in [-0.39, 0.29) is 18.7 Å². The van der Waals surface area contributed by atoms with Crippen molar-refractivity contribution in [2.45, 2.75) is 13.1 Å². The highest BCUT2D eigenvalue weighted by Gasteiger charge is 2.16. The lowest BCUT2D eigenvalue weighted by Crippen LogP contribution is -2.43. The molecule has 1 aliphatic heterocycles. The van der Waals surface area contributed by atoms with Crippen molar-refractivity contribution in [3.63, 3.8) is 0 Å². The van der Waals surface area contributed by atoms with Gasteiger partial charge in [0.25, 0.3) is 6.08 Å². The van der Waals surface area contributed by atoms with Gasteiger partial charge in [-0.05, 0) is 23.8 Å². The molecular weight excluding hydrogens is 441 g/mol. The highest BCUT2D eigenvalue weighted by atomic mass is 32.1. The van der Waals surface area contributed by atoms with Gasteiger partial charge in [0.1, 0.15) is 12.1 Å². The molecule has 0 saturated carbocycles. The monoisotopic (exact) mass is 464 g/mol. The maximum absolute atomic E-state index is 14.6. The first-order valence-corrected chi connectivity index (χ1v) is 11.0. The van der Waals surface area contributed by atoms with E-state index in [0.717, 1.165) is 47.0 Å². The summed E-state index contributed by atoms with van der Waals surface area (Å²) in [7, 11) is 0. The van der Waals surface area contributed by atoms with E-state index in [4.69, 9.17) is 5.73 Å². The third-order valence-electron chi connectivity index (χ3n) is 5.36. The number of thiophene rings is 1. The molecule has 0 bridgehead atoms. The van der Waals surface area contributed by atoms with E-state index in [1.807, 2.05) is 24.3 Å². The van der Waals surface area contributed by atoms with Gasteiger partial charge >= 0.3 is 5.69 Å². The third-order valence-corrected chi connectivity index (χ3v) is 6.50. The molecule has 3 aromatic rings. The van der Waals surface area contributed by atoms with E-state index in [2.05, 4.69) is 15.3 Å². The van der Waals surface area contributed by atoms with Crippen LogP contribution in [-0.2, 0) is 13.1 Å². The first-order valence-electron chi connectivity index (χ1n) is 10.2. The summed E-state index contributed by atoms with van der Waals surface area (Å²) in [6, 6.07) is 9.42. The predicted octanol–water partition coefficient (Wildman–Crippen LogP) is 2.48. The number of aromatic nitrogens is 3. The van der Waals surface area contributed by atoms with Crippen molar-refractivity contribution in [1.82, 2.24) is 19.7 Å². The molecule has 1 aliphatic rings. The Morgan fingerprint density at radius 1 is 1.19 bits per heavy atom. The van der Waals surface area contributed by atoms with Crippen LogP contribution in [-0.4, -0.2) is 47.1 Å². The van der Waals surface area contributed by atoms with Crippen molar-refractivity contribution in [2.75, 3.05) is 37.6 Å². The van der Waals surface area contributed by atoms with Crippen LogP contribution in [0, 0.1) is 5.82 Å². The number of anilines is 1. The lowest BCUT2D eigenvalue weighted by atomic mass is 10.1. The Hall–Kier alpha value is -2.89. The Morgan fingerprint density at radius 3 is 2.56 bits per heavy atom. The Labute approximate surface area is 186 Å². The Morgan fingerprint density at radius 2 is 1.91 bits per heavy atom. The van der Waals surface area contributed by atoms with Crippen LogP contribution in [0.15, 0.2) is 53.1 Å². The summed E-state index contributed by atoms with van der Waals surface area (Å²) in [4.78, 5) is 15.9. The average Bonchev–Trinajstić information content (AvgIpc) is 3.35. The molecule has 0 atom stereocenters. The summed E-state index contributed by atoms with van der Waals surface area (Å²) in [5.74, 6) is -0.423. The maximum Gasteiger partial charge on any atom is 0.346 e. The van der Waals surface area contributed by atoms with E-state index in [1.54, 1.807) is 0 Å². The second-order valence-corrected chi connectivity index (χ2v) is 8.57. The van der Waals surface area contributed by atoms with Gasteiger partial charge in [0.2, 0.25) is 0 Å². The summed E-state index contributed by atoms with van der Waals surface area (Å²) in [5.41, 5.74) is 6.33. The number of rotatable bonds is 7. The Balaban J connectivity index is 1.50. The number of hydrogen-bond acceptors (Lipinski definition) is 6. The van der Waals surface area contributed by atoms with E-state index in [9.17, 15) is 18.0 Å². The second-order valence-electron chi connectivity index (χ2n) is 7.43. The highest BCUT2D eigenvalue weighted by molar-refractivity contribution is 7.15. The molecule has 0 aliphatic carbocycles. The molecule has 170 valence electrons. The third kappa shape index (κ3) is 4.79. The highest BCUT2D eigenvalue weighted by Crippen LogP contribution is 2.32. The van der Waals surface area contributed by atoms with Crippen LogP contribution < -0.4 is 21.6 Å². The van der Waals surface area contributed by atoms with Gasteiger partial charge in [-0.25, -0.2) is 13.9 Å². The summed E-state index contributed by atoms with van der Waals surface area (Å²) in [5, 5.41) is 7.17. The summed E-state index contributed by atoms with van der Waals surface area (Å²) in [6.45, 7) is 2.97. The Kier molecular flexibility index (Phi) is 6.77. The van der Waals surface area contributed by atoms with E-state index in [0.29, 0.717) is 4.88 Å². The van der Waals surface area contributed by atoms with E-state index >= 15 is 0 Å². The minimum absolute atomic E-state index is 0.0338. The van der Waals surface area contributed by atoms with Gasteiger partial charge in [0.05, 0.1) is 18.0 Å². The molecule has 4 rings (SSSR count). The molecule has 1 saturated heterocycles. The van der Waals surface area contributed by atoms with Gasteiger partial charge in [0.15, 0.2) is 0 Å². The molecule has 3 heterocycles. The lowest BCUT2D eigenvalue weighted by Gasteiger charge is -2.29. The number of hydrogen-bond donors (Lipinski definition) is 2. The van der Waals surface area contributed by atoms with Gasteiger partial charge in [-0.2, -0.15) is 13.9 Å². The summed E-state index contributed by atoms with van der Waals surface area (Å²) < 4.78 is 42.3. The van der Waals surface area contributed by atoms with Crippen LogP contribution in [0.1, 0.15) is 4.88 Å². The molecule has 0 radical (unpaired) electrons. The molecule has 7 nitrogen and oxygen atoms in total. The fourth-order valence-corrected chi connectivity index (χ4v) is 4.58.